The number of carbonyl (C=O) groups excluding carboxylic acids is 2. The van der Waals surface area contributed by atoms with E-state index < -0.39 is 0 Å². The van der Waals surface area contributed by atoms with Gasteiger partial charge in [-0.1, -0.05) is 13.8 Å². The molecule has 108 valence electrons. The Labute approximate surface area is 115 Å². The molecule has 1 N–H and O–H groups in total. The molecular formula is C14H25N3O2. The first-order valence-electron chi connectivity index (χ1n) is 7.38. The second-order valence-corrected chi connectivity index (χ2v) is 5.83. The highest BCUT2D eigenvalue weighted by molar-refractivity contribution is 5.80. The van der Waals surface area contributed by atoms with Gasteiger partial charge in [-0.25, -0.2) is 0 Å². The zero-order valence-corrected chi connectivity index (χ0v) is 12.0. The number of hydrogen-bond acceptors (Lipinski definition) is 3. The quantitative estimate of drug-likeness (QED) is 0.783. The molecule has 0 saturated carbocycles. The van der Waals surface area contributed by atoms with E-state index in [4.69, 9.17) is 0 Å². The number of nitrogens with zero attached hydrogens (tertiary/aromatic N) is 2. The lowest BCUT2D eigenvalue weighted by atomic mass is 9.96. The van der Waals surface area contributed by atoms with Crippen molar-refractivity contribution in [3.05, 3.63) is 0 Å². The zero-order chi connectivity index (χ0) is 13.8. The van der Waals surface area contributed by atoms with Crippen LogP contribution in [0.5, 0.6) is 0 Å². The number of rotatable bonds is 2. The van der Waals surface area contributed by atoms with E-state index in [1.165, 1.54) is 0 Å². The summed E-state index contributed by atoms with van der Waals surface area (Å²) in [7, 11) is 0. The topological polar surface area (TPSA) is 52.7 Å². The fourth-order valence-corrected chi connectivity index (χ4v) is 2.84. The summed E-state index contributed by atoms with van der Waals surface area (Å²) >= 11 is 0. The minimum Gasteiger partial charge on any atom is -0.339 e. The van der Waals surface area contributed by atoms with Gasteiger partial charge in [0, 0.05) is 38.0 Å². The predicted molar refractivity (Wildman–Crippen MR) is 73.6 cm³/mol. The van der Waals surface area contributed by atoms with E-state index in [1.54, 1.807) is 0 Å². The third-order valence-corrected chi connectivity index (χ3v) is 4.09. The van der Waals surface area contributed by atoms with Gasteiger partial charge >= 0.3 is 0 Å². The summed E-state index contributed by atoms with van der Waals surface area (Å²) in [6.45, 7) is 8.51. The van der Waals surface area contributed by atoms with Crippen LogP contribution in [0.4, 0.5) is 0 Å². The molecule has 0 aromatic carbocycles. The van der Waals surface area contributed by atoms with Crippen LogP contribution in [0.15, 0.2) is 0 Å². The normalized spacial score (nSPS) is 21.8. The molecule has 0 aromatic heterocycles. The maximum Gasteiger partial charge on any atom is 0.225 e. The van der Waals surface area contributed by atoms with Crippen molar-refractivity contribution in [2.24, 2.45) is 11.8 Å². The maximum atomic E-state index is 12.4. The number of nitrogens with one attached hydrogen (secondary N) is 1. The Kier molecular flexibility index (Phi) is 4.80. The van der Waals surface area contributed by atoms with Gasteiger partial charge < -0.3 is 15.1 Å². The first kappa shape index (κ1) is 14.3. The number of amides is 2. The molecule has 19 heavy (non-hydrogen) atoms. The van der Waals surface area contributed by atoms with Crippen LogP contribution in [-0.4, -0.2) is 60.9 Å². The zero-order valence-electron chi connectivity index (χ0n) is 12.0. The van der Waals surface area contributed by atoms with Crippen molar-refractivity contribution in [3.63, 3.8) is 0 Å². The molecule has 5 heteroatoms. The highest BCUT2D eigenvalue weighted by Crippen LogP contribution is 2.17. The Balaban J connectivity index is 1.82. The van der Waals surface area contributed by atoms with Crippen LogP contribution >= 0.6 is 0 Å². The fourth-order valence-electron chi connectivity index (χ4n) is 2.84. The molecule has 2 aliphatic heterocycles. The molecule has 0 spiro atoms. The molecule has 2 rings (SSSR count). The Morgan fingerprint density at radius 2 is 1.53 bits per heavy atom. The third kappa shape index (κ3) is 3.47. The molecule has 0 radical (unpaired) electrons. The van der Waals surface area contributed by atoms with Crippen molar-refractivity contribution in [1.82, 2.24) is 15.1 Å². The van der Waals surface area contributed by atoms with Gasteiger partial charge in [0.2, 0.25) is 11.8 Å². The molecule has 0 aliphatic carbocycles. The van der Waals surface area contributed by atoms with Crippen LogP contribution in [0, 0.1) is 11.8 Å². The molecule has 0 atom stereocenters. The summed E-state index contributed by atoms with van der Waals surface area (Å²) in [6.07, 6.45) is 1.90. The van der Waals surface area contributed by atoms with Crippen LogP contribution in [0.2, 0.25) is 0 Å². The molecule has 2 saturated heterocycles. The van der Waals surface area contributed by atoms with E-state index in [0.29, 0.717) is 26.2 Å². The number of hydrogen-bond donors (Lipinski definition) is 1. The molecule has 2 amide bonds. The molecule has 0 bridgehead atoms. The second kappa shape index (κ2) is 6.37. The van der Waals surface area contributed by atoms with E-state index in [9.17, 15) is 9.59 Å². The van der Waals surface area contributed by atoms with Gasteiger partial charge in [-0.3, -0.25) is 9.59 Å². The fraction of sp³-hybridized carbons (Fsp3) is 0.857. The van der Waals surface area contributed by atoms with Crippen LogP contribution < -0.4 is 5.32 Å². The smallest absolute Gasteiger partial charge is 0.225 e. The molecule has 0 unspecified atom stereocenters. The predicted octanol–water partition coefficient (Wildman–Crippen LogP) is 0.313. The van der Waals surface area contributed by atoms with Crippen molar-refractivity contribution in [1.29, 1.82) is 0 Å². The summed E-state index contributed by atoms with van der Waals surface area (Å²) < 4.78 is 0. The van der Waals surface area contributed by atoms with E-state index in [0.717, 1.165) is 25.9 Å². The Morgan fingerprint density at radius 3 is 2.05 bits per heavy atom. The second-order valence-electron chi connectivity index (χ2n) is 5.83. The largest absolute Gasteiger partial charge is 0.339 e. The number of piperazine rings is 1. The first-order valence-corrected chi connectivity index (χ1v) is 7.38. The van der Waals surface area contributed by atoms with Crippen molar-refractivity contribution in [3.8, 4) is 0 Å². The molecule has 2 aliphatic rings. The van der Waals surface area contributed by atoms with E-state index >= 15 is 0 Å². The lowest BCUT2D eigenvalue weighted by molar-refractivity contribution is -0.144. The average Bonchev–Trinajstić information content (AvgIpc) is 2.46. The Hall–Kier alpha value is -1.10. The van der Waals surface area contributed by atoms with Crippen LogP contribution in [0.25, 0.3) is 0 Å². The minimum atomic E-state index is 0.0478. The molecule has 5 nitrogen and oxygen atoms in total. The monoisotopic (exact) mass is 267 g/mol. The highest BCUT2D eigenvalue weighted by Gasteiger charge is 2.29. The number of piperidine rings is 1. The van der Waals surface area contributed by atoms with Gasteiger partial charge in [0.1, 0.15) is 0 Å². The van der Waals surface area contributed by atoms with Crippen LogP contribution in [0.1, 0.15) is 26.7 Å². The van der Waals surface area contributed by atoms with E-state index in [-0.39, 0.29) is 23.7 Å². The number of carbonyl (C=O) groups is 2. The summed E-state index contributed by atoms with van der Waals surface area (Å²) in [5, 5.41) is 3.28. The lowest BCUT2D eigenvalue weighted by Crippen LogP contribution is -2.53. The van der Waals surface area contributed by atoms with Crippen molar-refractivity contribution in [2.45, 2.75) is 26.7 Å². The Morgan fingerprint density at radius 1 is 1.00 bits per heavy atom. The molecular weight excluding hydrogens is 242 g/mol. The molecule has 2 heterocycles. The third-order valence-electron chi connectivity index (χ3n) is 4.09. The van der Waals surface area contributed by atoms with Crippen LogP contribution in [0.3, 0.4) is 0 Å². The standard InChI is InChI=1S/C14H25N3O2/c1-11(2)13(18)16-7-9-17(10-8-16)14(19)12-3-5-15-6-4-12/h11-12,15H,3-10H2,1-2H3. The molecule has 0 aromatic rings. The van der Waals surface area contributed by atoms with Crippen LogP contribution in [-0.2, 0) is 9.59 Å². The summed E-state index contributed by atoms with van der Waals surface area (Å²) in [4.78, 5) is 28.1. The average molecular weight is 267 g/mol. The summed E-state index contributed by atoms with van der Waals surface area (Å²) in [5.41, 5.74) is 0. The van der Waals surface area contributed by atoms with Crippen molar-refractivity contribution >= 4 is 11.8 Å². The molecule has 2 fully saturated rings. The van der Waals surface area contributed by atoms with Gasteiger partial charge in [0.15, 0.2) is 0 Å². The van der Waals surface area contributed by atoms with Gasteiger partial charge in [-0.05, 0) is 25.9 Å². The Bertz CT molecular complexity index is 330. The summed E-state index contributed by atoms with van der Waals surface area (Å²) in [5.74, 6) is 0.729. The highest BCUT2D eigenvalue weighted by atomic mass is 16.2. The minimum absolute atomic E-state index is 0.0478. The van der Waals surface area contributed by atoms with Gasteiger partial charge in [0.05, 0.1) is 0 Å². The first-order chi connectivity index (χ1) is 9.09. The van der Waals surface area contributed by atoms with Gasteiger partial charge in [0.25, 0.3) is 0 Å². The van der Waals surface area contributed by atoms with Crippen molar-refractivity contribution < 1.29 is 9.59 Å². The lowest BCUT2D eigenvalue weighted by Gasteiger charge is -2.37. The summed E-state index contributed by atoms with van der Waals surface area (Å²) in [6, 6.07) is 0. The van der Waals surface area contributed by atoms with Gasteiger partial charge in [-0.2, -0.15) is 0 Å². The van der Waals surface area contributed by atoms with E-state index in [2.05, 4.69) is 5.32 Å². The van der Waals surface area contributed by atoms with E-state index in [1.807, 2.05) is 23.6 Å². The van der Waals surface area contributed by atoms with Crippen molar-refractivity contribution in [2.75, 3.05) is 39.3 Å². The van der Waals surface area contributed by atoms with Gasteiger partial charge in [-0.15, -0.1) is 0 Å². The SMILES string of the molecule is CC(C)C(=O)N1CCN(C(=O)C2CCNCC2)CC1. The maximum absolute atomic E-state index is 12.4.